The second-order valence-corrected chi connectivity index (χ2v) is 13.1. The number of carbonyl (C=O) groups excluding carboxylic acids is 4. The van der Waals surface area contributed by atoms with Gasteiger partial charge in [-0.2, -0.15) is 0 Å². The van der Waals surface area contributed by atoms with Gasteiger partial charge < -0.3 is 9.84 Å². The summed E-state index contributed by atoms with van der Waals surface area (Å²) >= 11 is 0. The lowest BCUT2D eigenvalue weighted by Gasteiger charge is -2.44. The number of fused-ring (bicyclic) bond motifs is 4. The molecule has 6 unspecified atom stereocenters. The summed E-state index contributed by atoms with van der Waals surface area (Å²) in [6.07, 6.45) is 12.6. The van der Waals surface area contributed by atoms with Gasteiger partial charge >= 0.3 is 0 Å². The molecule has 218 valence electrons. The number of methoxy groups -OCH3 is 1. The second-order valence-electron chi connectivity index (χ2n) is 13.1. The third-order valence-electron chi connectivity index (χ3n) is 11.2. The van der Waals surface area contributed by atoms with E-state index in [-0.39, 0.29) is 47.4 Å². The predicted molar refractivity (Wildman–Crippen MR) is 150 cm³/mol. The van der Waals surface area contributed by atoms with Crippen molar-refractivity contribution >= 4 is 23.6 Å². The van der Waals surface area contributed by atoms with Crippen molar-refractivity contribution < 1.29 is 29.0 Å². The van der Waals surface area contributed by atoms with Gasteiger partial charge in [-0.1, -0.05) is 56.2 Å². The maximum absolute atomic E-state index is 14.2. The van der Waals surface area contributed by atoms with Crippen LogP contribution in [0.2, 0.25) is 0 Å². The van der Waals surface area contributed by atoms with Gasteiger partial charge in [0.15, 0.2) is 0 Å². The highest BCUT2D eigenvalue weighted by molar-refractivity contribution is 6.08. The number of aromatic hydroxyl groups is 1. The molecule has 4 amide bonds. The Labute approximate surface area is 241 Å². The molecule has 1 aromatic carbocycles. The number of rotatable bonds is 4. The Morgan fingerprint density at radius 1 is 0.732 bits per heavy atom. The van der Waals surface area contributed by atoms with Gasteiger partial charge in [-0.15, -0.1) is 0 Å². The summed E-state index contributed by atoms with van der Waals surface area (Å²) in [4.78, 5) is 59.2. The fourth-order valence-corrected chi connectivity index (χ4v) is 9.30. The molecule has 2 saturated heterocycles. The number of hydrogen-bond donors (Lipinski definition) is 1. The SMILES string of the molecule is COc1ccc(C2C3=CCC4C(=O)N(C5CCCCC5)C(=O)C4C3CC3C(=O)N(C4CCCCC4)C(=O)C32)c(O)c1. The number of benzene rings is 1. The quantitative estimate of drug-likeness (QED) is 0.423. The minimum absolute atomic E-state index is 0.0193. The summed E-state index contributed by atoms with van der Waals surface area (Å²) < 4.78 is 5.33. The van der Waals surface area contributed by atoms with Gasteiger partial charge in [0.1, 0.15) is 11.5 Å². The molecule has 0 bridgehead atoms. The maximum atomic E-state index is 14.2. The van der Waals surface area contributed by atoms with Crippen LogP contribution in [0.4, 0.5) is 0 Å². The molecule has 0 radical (unpaired) electrons. The largest absolute Gasteiger partial charge is 0.508 e. The normalized spacial score (nSPS) is 34.4. The average Bonchev–Trinajstić information content (AvgIpc) is 3.40. The van der Waals surface area contributed by atoms with Crippen LogP contribution in [0.1, 0.15) is 88.5 Å². The molecular weight excluding hydrogens is 520 g/mol. The lowest BCUT2D eigenvalue weighted by Crippen LogP contribution is -2.44. The lowest BCUT2D eigenvalue weighted by atomic mass is 9.57. The van der Waals surface area contributed by atoms with E-state index in [9.17, 15) is 24.3 Å². The molecule has 3 saturated carbocycles. The van der Waals surface area contributed by atoms with Crippen LogP contribution in [0.15, 0.2) is 29.8 Å². The summed E-state index contributed by atoms with van der Waals surface area (Å²) in [5, 5.41) is 11.2. The van der Waals surface area contributed by atoms with Crippen LogP contribution in [0.25, 0.3) is 0 Å². The van der Waals surface area contributed by atoms with Gasteiger partial charge in [0.05, 0.1) is 30.8 Å². The Morgan fingerprint density at radius 3 is 1.90 bits per heavy atom. The molecule has 7 rings (SSSR count). The molecule has 6 atom stereocenters. The first-order chi connectivity index (χ1) is 19.9. The molecule has 0 aromatic heterocycles. The summed E-state index contributed by atoms with van der Waals surface area (Å²) in [7, 11) is 1.53. The van der Waals surface area contributed by atoms with E-state index in [0.29, 0.717) is 24.2 Å². The summed E-state index contributed by atoms with van der Waals surface area (Å²) in [5.74, 6) is -2.87. The molecule has 1 aromatic rings. The molecule has 41 heavy (non-hydrogen) atoms. The number of nitrogens with zero attached hydrogens (tertiary/aromatic N) is 2. The zero-order valence-electron chi connectivity index (χ0n) is 23.8. The molecule has 1 N–H and O–H groups in total. The van der Waals surface area contributed by atoms with E-state index in [0.717, 1.165) is 69.8 Å². The topological polar surface area (TPSA) is 104 Å². The zero-order chi connectivity index (χ0) is 28.4. The van der Waals surface area contributed by atoms with Crippen LogP contribution < -0.4 is 4.74 Å². The molecule has 5 fully saturated rings. The van der Waals surface area contributed by atoms with E-state index in [1.54, 1.807) is 28.0 Å². The van der Waals surface area contributed by atoms with E-state index >= 15 is 0 Å². The summed E-state index contributed by atoms with van der Waals surface area (Å²) in [5.41, 5.74) is 1.52. The van der Waals surface area contributed by atoms with Crippen LogP contribution >= 0.6 is 0 Å². The second kappa shape index (κ2) is 10.3. The zero-order valence-corrected chi connectivity index (χ0v) is 23.8. The van der Waals surface area contributed by atoms with Gasteiger partial charge in [0.25, 0.3) is 0 Å². The molecule has 2 aliphatic heterocycles. The molecule has 8 nitrogen and oxygen atoms in total. The lowest BCUT2D eigenvalue weighted by molar-refractivity contribution is -0.145. The number of phenolic OH excluding ortho intramolecular Hbond substituents is 1. The van der Waals surface area contributed by atoms with Crippen LogP contribution in [0.3, 0.4) is 0 Å². The molecule has 8 heteroatoms. The third kappa shape index (κ3) is 4.07. The smallest absolute Gasteiger partial charge is 0.234 e. The van der Waals surface area contributed by atoms with Gasteiger partial charge in [-0.05, 0) is 50.5 Å². The van der Waals surface area contributed by atoms with Crippen molar-refractivity contribution in [2.45, 2.75) is 95.1 Å². The number of allylic oxidation sites excluding steroid dienone is 2. The van der Waals surface area contributed by atoms with E-state index in [1.165, 1.54) is 7.11 Å². The molecule has 6 aliphatic rings. The van der Waals surface area contributed by atoms with E-state index in [2.05, 4.69) is 6.08 Å². The summed E-state index contributed by atoms with van der Waals surface area (Å²) in [6, 6.07) is 5.00. The van der Waals surface area contributed by atoms with Crippen LogP contribution in [0, 0.1) is 29.6 Å². The van der Waals surface area contributed by atoms with E-state index in [4.69, 9.17) is 4.74 Å². The fraction of sp³-hybridized carbons (Fsp3) is 0.636. The molecule has 0 spiro atoms. The Bertz CT molecular complexity index is 1310. The highest BCUT2D eigenvalue weighted by atomic mass is 16.5. The standard InChI is InChI=1S/C33H40N2O6/c1-41-20-12-13-22(26(36)16-20)27-21-14-15-23-28(32(39)34(30(23)37)18-8-4-2-5-9-18)24(21)17-25-29(27)33(40)35(31(25)38)19-10-6-3-7-11-19/h12-14,16,18-19,23-25,27-29,36H,2-11,15,17H2,1H3. The fourth-order valence-electron chi connectivity index (χ4n) is 9.30. The number of hydrogen-bond acceptors (Lipinski definition) is 6. The Morgan fingerprint density at radius 2 is 1.32 bits per heavy atom. The Kier molecular flexibility index (Phi) is 6.70. The van der Waals surface area contributed by atoms with Crippen molar-refractivity contribution in [3.05, 3.63) is 35.4 Å². The highest BCUT2D eigenvalue weighted by Crippen LogP contribution is 2.59. The average molecular weight is 561 g/mol. The van der Waals surface area contributed by atoms with Gasteiger partial charge in [0, 0.05) is 29.6 Å². The van der Waals surface area contributed by atoms with E-state index < -0.39 is 29.6 Å². The number of likely N-dealkylation sites (tertiary alicyclic amines) is 2. The third-order valence-corrected chi connectivity index (χ3v) is 11.2. The van der Waals surface area contributed by atoms with Gasteiger partial charge in [-0.3, -0.25) is 29.0 Å². The summed E-state index contributed by atoms with van der Waals surface area (Å²) in [6.45, 7) is 0. The van der Waals surface area contributed by atoms with Crippen LogP contribution in [0.5, 0.6) is 11.5 Å². The number of imide groups is 2. The monoisotopic (exact) mass is 560 g/mol. The first kappa shape index (κ1) is 26.7. The van der Waals surface area contributed by atoms with Gasteiger partial charge in [-0.25, -0.2) is 0 Å². The van der Waals surface area contributed by atoms with Crippen LogP contribution in [-0.2, 0) is 19.2 Å². The maximum Gasteiger partial charge on any atom is 0.234 e. The number of amides is 4. The van der Waals surface area contributed by atoms with Gasteiger partial charge in [0.2, 0.25) is 23.6 Å². The number of phenols is 1. The highest BCUT2D eigenvalue weighted by Gasteiger charge is 2.63. The minimum atomic E-state index is -0.621. The number of carbonyl (C=O) groups is 4. The van der Waals surface area contributed by atoms with Crippen molar-refractivity contribution in [3.8, 4) is 11.5 Å². The predicted octanol–water partition coefficient (Wildman–Crippen LogP) is 4.70. The van der Waals surface area contributed by atoms with Crippen LogP contribution in [-0.4, -0.2) is 57.7 Å². The molecule has 4 aliphatic carbocycles. The first-order valence-electron chi connectivity index (χ1n) is 15.7. The van der Waals surface area contributed by atoms with Crippen molar-refractivity contribution in [1.29, 1.82) is 0 Å². The Balaban J connectivity index is 1.30. The number of ether oxygens (including phenoxy) is 1. The molecular formula is C33H40N2O6. The van der Waals surface area contributed by atoms with Crippen molar-refractivity contribution in [2.24, 2.45) is 29.6 Å². The van der Waals surface area contributed by atoms with Crippen molar-refractivity contribution in [1.82, 2.24) is 9.80 Å². The van der Waals surface area contributed by atoms with Crippen molar-refractivity contribution in [2.75, 3.05) is 7.11 Å². The molecule has 2 heterocycles. The van der Waals surface area contributed by atoms with Crippen molar-refractivity contribution in [3.63, 3.8) is 0 Å². The van der Waals surface area contributed by atoms with E-state index in [1.807, 2.05) is 0 Å². The minimum Gasteiger partial charge on any atom is -0.508 e. The Hall–Kier alpha value is -3.16. The first-order valence-corrected chi connectivity index (χ1v) is 15.7.